The lowest BCUT2D eigenvalue weighted by Gasteiger charge is -2.40. The number of nitrogens with zero attached hydrogens (tertiary/aromatic N) is 1. The number of carboxylic acid groups (broad SMARTS) is 1. The van der Waals surface area contributed by atoms with Gasteiger partial charge in [0, 0.05) is 16.3 Å². The van der Waals surface area contributed by atoms with E-state index in [1.54, 1.807) is 53.4 Å². The van der Waals surface area contributed by atoms with Gasteiger partial charge in [-0.3, -0.25) is 14.5 Å². The summed E-state index contributed by atoms with van der Waals surface area (Å²) in [4.78, 5) is 27.4. The Labute approximate surface area is 168 Å². The van der Waals surface area contributed by atoms with E-state index in [2.05, 4.69) is 0 Å². The second-order valence-electron chi connectivity index (χ2n) is 6.91. The first-order chi connectivity index (χ1) is 13.5. The van der Waals surface area contributed by atoms with Gasteiger partial charge in [0.1, 0.15) is 5.92 Å². The Morgan fingerprint density at radius 1 is 0.964 bits per heavy atom. The fourth-order valence-electron chi connectivity index (χ4n) is 3.79. The number of benzene rings is 3. The Morgan fingerprint density at radius 2 is 1.61 bits per heavy atom. The molecule has 0 radical (unpaired) electrons. The number of aliphatic carboxylic acids is 1. The van der Waals surface area contributed by atoms with Crippen LogP contribution in [0.1, 0.15) is 39.0 Å². The summed E-state index contributed by atoms with van der Waals surface area (Å²) in [6.45, 7) is 1.97. The Balaban J connectivity index is 1.97. The number of anilines is 1. The molecule has 1 aliphatic heterocycles. The summed E-state index contributed by atoms with van der Waals surface area (Å²) in [5, 5.41) is 10.7. The number of hydrogen-bond donors (Lipinski definition) is 1. The maximum atomic E-state index is 13.4. The van der Waals surface area contributed by atoms with E-state index in [1.807, 2.05) is 31.2 Å². The fourth-order valence-corrected chi connectivity index (χ4v) is 3.92. The van der Waals surface area contributed by atoms with E-state index in [0.29, 0.717) is 21.8 Å². The molecule has 2 unspecified atom stereocenters. The summed E-state index contributed by atoms with van der Waals surface area (Å²) in [6.07, 6.45) is 0. The summed E-state index contributed by atoms with van der Waals surface area (Å²) in [5.41, 5.74) is 3.40. The van der Waals surface area contributed by atoms with Gasteiger partial charge in [0.15, 0.2) is 0 Å². The Bertz CT molecular complexity index is 1040. The maximum absolute atomic E-state index is 13.4. The zero-order chi connectivity index (χ0) is 19.8. The molecule has 5 heteroatoms. The Hall–Kier alpha value is -3.11. The number of rotatable bonds is 3. The van der Waals surface area contributed by atoms with Crippen LogP contribution >= 0.6 is 11.6 Å². The summed E-state index contributed by atoms with van der Waals surface area (Å²) < 4.78 is 0. The van der Waals surface area contributed by atoms with Crippen LogP contribution in [0.25, 0.3) is 0 Å². The molecular weight excluding hydrogens is 374 g/mol. The first kappa shape index (κ1) is 18.3. The third-order valence-corrected chi connectivity index (χ3v) is 5.38. The molecule has 3 aromatic carbocycles. The molecule has 1 N–H and O–H groups in total. The standard InChI is InChI=1S/C23H18ClNO3/c1-14-6-12-17(13-7-14)25-21(15-8-10-16(24)11-9-15)20(23(27)28)18-4-2-3-5-19(18)22(25)26/h2-13,20-21H,1H3,(H,27,28). The number of aryl methyl sites for hydroxylation is 1. The molecule has 1 amide bonds. The molecule has 140 valence electrons. The molecule has 1 aliphatic rings. The molecule has 1 heterocycles. The van der Waals surface area contributed by atoms with Gasteiger partial charge in [0.05, 0.1) is 6.04 Å². The van der Waals surface area contributed by atoms with Crippen molar-refractivity contribution in [1.82, 2.24) is 0 Å². The lowest BCUT2D eigenvalue weighted by atomic mass is 9.79. The topological polar surface area (TPSA) is 57.6 Å². The number of carbonyl (C=O) groups excluding carboxylic acids is 1. The second kappa shape index (κ2) is 7.13. The molecule has 0 fully saturated rings. The first-order valence-corrected chi connectivity index (χ1v) is 9.32. The summed E-state index contributed by atoms with van der Waals surface area (Å²) in [5.74, 6) is -2.08. The van der Waals surface area contributed by atoms with Crippen molar-refractivity contribution < 1.29 is 14.7 Å². The molecule has 4 nitrogen and oxygen atoms in total. The van der Waals surface area contributed by atoms with E-state index in [9.17, 15) is 14.7 Å². The highest BCUT2D eigenvalue weighted by atomic mass is 35.5. The van der Waals surface area contributed by atoms with Gasteiger partial charge in [-0.15, -0.1) is 0 Å². The van der Waals surface area contributed by atoms with Crippen LogP contribution in [0, 0.1) is 6.92 Å². The third-order valence-electron chi connectivity index (χ3n) is 5.13. The summed E-state index contributed by atoms with van der Waals surface area (Å²) in [7, 11) is 0. The van der Waals surface area contributed by atoms with E-state index >= 15 is 0 Å². The number of amides is 1. The molecule has 2 atom stereocenters. The van der Waals surface area contributed by atoms with E-state index in [0.717, 1.165) is 11.1 Å². The van der Waals surface area contributed by atoms with Crippen LogP contribution in [-0.4, -0.2) is 17.0 Å². The zero-order valence-corrected chi connectivity index (χ0v) is 15.9. The molecule has 0 saturated heterocycles. The predicted octanol–water partition coefficient (Wildman–Crippen LogP) is 5.22. The van der Waals surface area contributed by atoms with Crippen LogP contribution in [0.5, 0.6) is 0 Å². The number of hydrogen-bond acceptors (Lipinski definition) is 2. The van der Waals surface area contributed by atoms with E-state index in [-0.39, 0.29) is 5.91 Å². The van der Waals surface area contributed by atoms with Crippen molar-refractivity contribution in [3.05, 3.63) is 100 Å². The van der Waals surface area contributed by atoms with Gasteiger partial charge in [0.2, 0.25) is 0 Å². The lowest BCUT2D eigenvalue weighted by molar-refractivity contribution is -0.139. The number of carbonyl (C=O) groups is 2. The molecule has 0 aliphatic carbocycles. The summed E-state index contributed by atoms with van der Waals surface area (Å²) >= 11 is 6.03. The van der Waals surface area contributed by atoms with Crippen molar-refractivity contribution in [2.45, 2.75) is 18.9 Å². The van der Waals surface area contributed by atoms with Crippen LogP contribution in [0.15, 0.2) is 72.8 Å². The van der Waals surface area contributed by atoms with E-state index in [1.165, 1.54) is 0 Å². The minimum atomic E-state index is -0.975. The number of fused-ring (bicyclic) bond motifs is 1. The fraction of sp³-hybridized carbons (Fsp3) is 0.130. The minimum Gasteiger partial charge on any atom is -0.481 e. The van der Waals surface area contributed by atoms with Crippen LogP contribution in [-0.2, 0) is 4.79 Å². The van der Waals surface area contributed by atoms with Crippen molar-refractivity contribution in [3.8, 4) is 0 Å². The number of carboxylic acids is 1. The Kier molecular flexibility index (Phi) is 4.65. The molecule has 0 bridgehead atoms. The predicted molar refractivity (Wildman–Crippen MR) is 109 cm³/mol. The molecule has 0 saturated carbocycles. The van der Waals surface area contributed by atoms with Gasteiger partial charge >= 0.3 is 5.97 Å². The van der Waals surface area contributed by atoms with Crippen molar-refractivity contribution in [2.75, 3.05) is 4.90 Å². The molecule has 4 rings (SSSR count). The van der Waals surface area contributed by atoms with Crippen LogP contribution in [0.3, 0.4) is 0 Å². The van der Waals surface area contributed by atoms with Gasteiger partial charge in [-0.1, -0.05) is 59.6 Å². The highest BCUT2D eigenvalue weighted by Gasteiger charge is 2.44. The lowest BCUT2D eigenvalue weighted by Crippen LogP contribution is -2.45. The largest absolute Gasteiger partial charge is 0.481 e. The van der Waals surface area contributed by atoms with E-state index < -0.39 is 17.9 Å². The molecule has 0 aromatic heterocycles. The third kappa shape index (κ3) is 3.06. The maximum Gasteiger partial charge on any atom is 0.313 e. The second-order valence-corrected chi connectivity index (χ2v) is 7.35. The first-order valence-electron chi connectivity index (χ1n) is 8.95. The van der Waals surface area contributed by atoms with Crippen LogP contribution in [0.4, 0.5) is 5.69 Å². The SMILES string of the molecule is Cc1ccc(N2C(=O)c3ccccc3C(C(=O)O)C2c2ccc(Cl)cc2)cc1. The van der Waals surface area contributed by atoms with Gasteiger partial charge in [-0.25, -0.2) is 0 Å². The van der Waals surface area contributed by atoms with Gasteiger partial charge in [-0.05, 0) is 48.4 Å². The monoisotopic (exact) mass is 391 g/mol. The van der Waals surface area contributed by atoms with Gasteiger partial charge in [-0.2, -0.15) is 0 Å². The van der Waals surface area contributed by atoms with E-state index in [4.69, 9.17) is 11.6 Å². The Morgan fingerprint density at radius 3 is 2.25 bits per heavy atom. The van der Waals surface area contributed by atoms with Crippen molar-refractivity contribution in [2.24, 2.45) is 0 Å². The molecular formula is C23H18ClNO3. The average molecular weight is 392 g/mol. The molecule has 3 aromatic rings. The smallest absolute Gasteiger partial charge is 0.313 e. The molecule has 28 heavy (non-hydrogen) atoms. The minimum absolute atomic E-state index is 0.211. The highest BCUT2D eigenvalue weighted by molar-refractivity contribution is 6.30. The number of halogens is 1. The summed E-state index contributed by atoms with van der Waals surface area (Å²) in [6, 6.07) is 20.8. The van der Waals surface area contributed by atoms with Crippen molar-refractivity contribution >= 4 is 29.2 Å². The average Bonchev–Trinajstić information content (AvgIpc) is 2.69. The molecule has 0 spiro atoms. The van der Waals surface area contributed by atoms with Crippen molar-refractivity contribution in [1.29, 1.82) is 0 Å². The van der Waals surface area contributed by atoms with Gasteiger partial charge < -0.3 is 5.11 Å². The van der Waals surface area contributed by atoms with Crippen molar-refractivity contribution in [3.63, 3.8) is 0 Å². The highest BCUT2D eigenvalue weighted by Crippen LogP contribution is 2.45. The van der Waals surface area contributed by atoms with Crippen LogP contribution in [0.2, 0.25) is 5.02 Å². The van der Waals surface area contributed by atoms with Crippen LogP contribution < -0.4 is 4.90 Å². The zero-order valence-electron chi connectivity index (χ0n) is 15.2. The normalized spacial score (nSPS) is 18.6. The van der Waals surface area contributed by atoms with Gasteiger partial charge in [0.25, 0.3) is 5.91 Å². The quantitative estimate of drug-likeness (QED) is 0.666.